The average molecular weight is 206 g/mol. The number of aromatic nitrogens is 1. The molecule has 3 nitrogen and oxygen atoms in total. The molecule has 1 aromatic heterocycles. The Hall–Kier alpha value is -1.09. The Morgan fingerprint density at radius 1 is 1.53 bits per heavy atom. The lowest BCUT2D eigenvalue weighted by Gasteiger charge is -2.10. The van der Waals surface area contributed by atoms with E-state index in [2.05, 4.69) is 16.4 Å². The van der Waals surface area contributed by atoms with E-state index in [1.165, 1.54) is 12.0 Å². The maximum Gasteiger partial charge on any atom is 0.213 e. The molecule has 15 heavy (non-hydrogen) atoms. The summed E-state index contributed by atoms with van der Waals surface area (Å²) in [6.07, 6.45) is 2.41. The molecule has 0 saturated carbocycles. The van der Waals surface area contributed by atoms with E-state index in [1.807, 2.05) is 13.0 Å². The van der Waals surface area contributed by atoms with Crippen LogP contribution in [-0.4, -0.2) is 25.2 Å². The molecule has 1 saturated heterocycles. The highest BCUT2D eigenvalue weighted by atomic mass is 16.5. The summed E-state index contributed by atoms with van der Waals surface area (Å²) in [6.45, 7) is 4.31. The molecule has 2 rings (SSSR count). The van der Waals surface area contributed by atoms with E-state index in [-0.39, 0.29) is 0 Å². The first-order valence-corrected chi connectivity index (χ1v) is 5.50. The van der Waals surface area contributed by atoms with Crippen molar-refractivity contribution < 1.29 is 4.74 Å². The Bertz CT molecular complexity index is 332. The predicted octanol–water partition coefficient (Wildman–Crippen LogP) is 1.55. The first-order chi connectivity index (χ1) is 7.28. The van der Waals surface area contributed by atoms with Gasteiger partial charge >= 0.3 is 0 Å². The molecule has 82 valence electrons. The van der Waals surface area contributed by atoms with Gasteiger partial charge in [-0.05, 0) is 50.4 Å². The molecule has 0 amide bonds. The van der Waals surface area contributed by atoms with Gasteiger partial charge in [0, 0.05) is 11.8 Å². The van der Waals surface area contributed by atoms with Crippen LogP contribution < -0.4 is 10.1 Å². The van der Waals surface area contributed by atoms with Crippen molar-refractivity contribution in [2.45, 2.75) is 19.8 Å². The number of nitrogens with zero attached hydrogens (tertiary/aromatic N) is 1. The molecule has 1 atom stereocenters. The van der Waals surface area contributed by atoms with Crippen molar-refractivity contribution in [3.8, 4) is 5.88 Å². The lowest BCUT2D eigenvalue weighted by atomic mass is 9.99. The average Bonchev–Trinajstić information content (AvgIpc) is 2.69. The van der Waals surface area contributed by atoms with Crippen LogP contribution in [0.1, 0.15) is 17.7 Å². The van der Waals surface area contributed by atoms with Crippen LogP contribution in [0.4, 0.5) is 0 Å². The quantitative estimate of drug-likeness (QED) is 0.814. The molecule has 0 radical (unpaired) electrons. The van der Waals surface area contributed by atoms with Crippen molar-refractivity contribution in [2.75, 3.05) is 20.2 Å². The van der Waals surface area contributed by atoms with Gasteiger partial charge in [-0.15, -0.1) is 0 Å². The standard InChI is InChI=1S/C12H18N2O/c1-9-5-11(7-12(14-9)15-2)6-10-3-4-13-8-10/h5,7,10,13H,3-4,6,8H2,1-2H3. The van der Waals surface area contributed by atoms with Crippen LogP contribution in [0.25, 0.3) is 0 Å². The fraction of sp³-hybridized carbons (Fsp3) is 0.583. The van der Waals surface area contributed by atoms with E-state index in [4.69, 9.17) is 4.74 Å². The van der Waals surface area contributed by atoms with Crippen LogP contribution in [-0.2, 0) is 6.42 Å². The zero-order valence-electron chi connectivity index (χ0n) is 9.42. The third kappa shape index (κ3) is 2.69. The summed E-state index contributed by atoms with van der Waals surface area (Å²) in [7, 11) is 1.67. The van der Waals surface area contributed by atoms with Crippen molar-refractivity contribution in [1.82, 2.24) is 10.3 Å². The van der Waals surface area contributed by atoms with E-state index in [1.54, 1.807) is 7.11 Å². The monoisotopic (exact) mass is 206 g/mol. The molecule has 2 heterocycles. The molecule has 0 aromatic carbocycles. The van der Waals surface area contributed by atoms with E-state index in [0.717, 1.165) is 37.0 Å². The Kier molecular flexibility index (Phi) is 3.21. The number of ether oxygens (including phenoxy) is 1. The molecule has 1 aliphatic heterocycles. The summed E-state index contributed by atoms with van der Waals surface area (Å²) in [5.41, 5.74) is 2.38. The van der Waals surface area contributed by atoms with Gasteiger partial charge in [0.05, 0.1) is 7.11 Å². The van der Waals surface area contributed by atoms with Crippen molar-refractivity contribution in [3.63, 3.8) is 0 Å². The minimum absolute atomic E-state index is 0.732. The van der Waals surface area contributed by atoms with Gasteiger partial charge in [-0.1, -0.05) is 0 Å². The van der Waals surface area contributed by atoms with Gasteiger partial charge in [-0.25, -0.2) is 4.98 Å². The van der Waals surface area contributed by atoms with Crippen LogP contribution >= 0.6 is 0 Å². The maximum atomic E-state index is 5.17. The predicted molar refractivity (Wildman–Crippen MR) is 60.2 cm³/mol. The lowest BCUT2D eigenvalue weighted by Crippen LogP contribution is -2.11. The largest absolute Gasteiger partial charge is 0.481 e. The van der Waals surface area contributed by atoms with E-state index in [0.29, 0.717) is 0 Å². The molecule has 0 spiro atoms. The second-order valence-electron chi connectivity index (χ2n) is 4.22. The van der Waals surface area contributed by atoms with Crippen LogP contribution in [0, 0.1) is 12.8 Å². The van der Waals surface area contributed by atoms with E-state index < -0.39 is 0 Å². The number of pyridine rings is 1. The third-order valence-corrected chi connectivity index (χ3v) is 2.89. The Labute approximate surface area is 90.9 Å². The zero-order valence-corrected chi connectivity index (χ0v) is 9.42. The van der Waals surface area contributed by atoms with Gasteiger partial charge in [-0.3, -0.25) is 0 Å². The van der Waals surface area contributed by atoms with Gasteiger partial charge in [0.1, 0.15) is 0 Å². The second kappa shape index (κ2) is 4.62. The Morgan fingerprint density at radius 3 is 3.07 bits per heavy atom. The molecule has 1 fully saturated rings. The Morgan fingerprint density at radius 2 is 2.40 bits per heavy atom. The van der Waals surface area contributed by atoms with Gasteiger partial charge in [0.15, 0.2) is 0 Å². The van der Waals surface area contributed by atoms with Crippen LogP contribution in [0.2, 0.25) is 0 Å². The fourth-order valence-corrected chi connectivity index (χ4v) is 2.15. The molecular weight excluding hydrogens is 188 g/mol. The van der Waals surface area contributed by atoms with Crippen molar-refractivity contribution >= 4 is 0 Å². The summed E-state index contributed by atoms with van der Waals surface area (Å²) in [5.74, 6) is 1.51. The van der Waals surface area contributed by atoms with E-state index >= 15 is 0 Å². The number of hydrogen-bond acceptors (Lipinski definition) is 3. The lowest BCUT2D eigenvalue weighted by molar-refractivity contribution is 0.395. The minimum Gasteiger partial charge on any atom is -0.481 e. The van der Waals surface area contributed by atoms with Crippen molar-refractivity contribution in [2.24, 2.45) is 5.92 Å². The highest BCUT2D eigenvalue weighted by molar-refractivity contribution is 5.25. The Balaban J connectivity index is 2.09. The third-order valence-electron chi connectivity index (χ3n) is 2.89. The highest BCUT2D eigenvalue weighted by Crippen LogP contribution is 2.18. The molecule has 3 heteroatoms. The molecule has 1 aromatic rings. The summed E-state index contributed by atoms with van der Waals surface area (Å²) < 4.78 is 5.17. The number of rotatable bonds is 3. The number of nitrogens with one attached hydrogen (secondary N) is 1. The number of methoxy groups -OCH3 is 1. The van der Waals surface area contributed by atoms with Gasteiger partial charge < -0.3 is 10.1 Å². The summed E-state index contributed by atoms with van der Waals surface area (Å²) in [4.78, 5) is 4.29. The molecule has 0 bridgehead atoms. The summed E-state index contributed by atoms with van der Waals surface area (Å²) in [6, 6.07) is 4.20. The van der Waals surface area contributed by atoms with Crippen LogP contribution in [0.3, 0.4) is 0 Å². The summed E-state index contributed by atoms with van der Waals surface area (Å²) >= 11 is 0. The molecular formula is C12H18N2O. The number of hydrogen-bond donors (Lipinski definition) is 1. The first kappa shape index (κ1) is 10.4. The SMILES string of the molecule is COc1cc(CC2CCNC2)cc(C)n1. The molecule has 1 aliphatic rings. The minimum atomic E-state index is 0.732. The van der Waals surface area contributed by atoms with Crippen molar-refractivity contribution in [3.05, 3.63) is 23.4 Å². The van der Waals surface area contributed by atoms with Gasteiger partial charge in [-0.2, -0.15) is 0 Å². The summed E-state index contributed by atoms with van der Waals surface area (Å²) in [5, 5.41) is 3.39. The van der Waals surface area contributed by atoms with Crippen LogP contribution in [0.15, 0.2) is 12.1 Å². The zero-order chi connectivity index (χ0) is 10.7. The first-order valence-electron chi connectivity index (χ1n) is 5.50. The molecule has 0 aliphatic carbocycles. The molecule has 1 N–H and O–H groups in total. The highest BCUT2D eigenvalue weighted by Gasteiger charge is 2.15. The number of aryl methyl sites for hydroxylation is 1. The second-order valence-corrected chi connectivity index (χ2v) is 4.22. The molecule has 1 unspecified atom stereocenters. The topological polar surface area (TPSA) is 34.1 Å². The van der Waals surface area contributed by atoms with Gasteiger partial charge in [0.25, 0.3) is 0 Å². The fourth-order valence-electron chi connectivity index (χ4n) is 2.15. The van der Waals surface area contributed by atoms with Crippen molar-refractivity contribution in [1.29, 1.82) is 0 Å². The van der Waals surface area contributed by atoms with Gasteiger partial charge in [0.2, 0.25) is 5.88 Å². The smallest absolute Gasteiger partial charge is 0.213 e. The normalized spacial score (nSPS) is 20.5. The maximum absolute atomic E-state index is 5.17. The van der Waals surface area contributed by atoms with E-state index in [9.17, 15) is 0 Å². The van der Waals surface area contributed by atoms with Crippen LogP contribution in [0.5, 0.6) is 5.88 Å².